The van der Waals surface area contributed by atoms with Gasteiger partial charge in [0.2, 0.25) is 0 Å². The van der Waals surface area contributed by atoms with Crippen LogP contribution in [-0.2, 0) is 0 Å². The van der Waals surface area contributed by atoms with Crippen LogP contribution in [0.25, 0.3) is 0 Å². The van der Waals surface area contributed by atoms with Crippen LogP contribution in [0.5, 0.6) is 0 Å². The Morgan fingerprint density at radius 1 is 1.54 bits per heavy atom. The van der Waals surface area contributed by atoms with Crippen LogP contribution in [0, 0.1) is 17.2 Å². The van der Waals surface area contributed by atoms with Crippen molar-refractivity contribution in [3.8, 4) is 6.07 Å². The van der Waals surface area contributed by atoms with Crippen molar-refractivity contribution >= 4 is 27.3 Å². The molecule has 1 nitrogen and oxygen atoms in total. The van der Waals surface area contributed by atoms with Gasteiger partial charge in [0.15, 0.2) is 0 Å². The molecule has 0 bridgehead atoms. The molecule has 0 saturated carbocycles. The highest BCUT2D eigenvalue weighted by molar-refractivity contribution is 9.11. The van der Waals surface area contributed by atoms with Crippen molar-refractivity contribution < 1.29 is 0 Å². The first kappa shape index (κ1) is 10.7. The monoisotopic (exact) mass is 257 g/mol. The van der Waals surface area contributed by atoms with E-state index in [2.05, 4.69) is 35.8 Å². The Hall–Kier alpha value is -0.330. The lowest BCUT2D eigenvalue weighted by Gasteiger charge is -2.08. The topological polar surface area (TPSA) is 23.8 Å². The van der Waals surface area contributed by atoms with Crippen molar-refractivity contribution in [2.75, 3.05) is 0 Å². The maximum atomic E-state index is 8.98. The zero-order valence-corrected chi connectivity index (χ0v) is 10.2. The Kier molecular flexibility index (Phi) is 3.95. The van der Waals surface area contributed by atoms with Gasteiger partial charge in [-0.15, -0.1) is 11.3 Å². The molecule has 0 aliphatic carbocycles. The van der Waals surface area contributed by atoms with Crippen LogP contribution in [0.2, 0.25) is 0 Å². The zero-order chi connectivity index (χ0) is 9.84. The molecule has 0 N–H and O–H groups in total. The van der Waals surface area contributed by atoms with Crippen LogP contribution in [0.4, 0.5) is 0 Å². The normalized spacial score (nSPS) is 12.8. The third-order valence-corrected chi connectivity index (χ3v) is 3.54. The fourth-order valence-corrected chi connectivity index (χ4v) is 2.70. The van der Waals surface area contributed by atoms with Crippen molar-refractivity contribution in [1.29, 1.82) is 5.26 Å². The SMILES string of the molecule is CC(C)CC(C#N)c1ccc(Br)s1. The van der Waals surface area contributed by atoms with Crippen LogP contribution in [-0.4, -0.2) is 0 Å². The van der Waals surface area contributed by atoms with E-state index in [0.29, 0.717) is 5.92 Å². The Morgan fingerprint density at radius 2 is 2.23 bits per heavy atom. The lowest BCUT2D eigenvalue weighted by Crippen LogP contribution is -1.98. The summed E-state index contributed by atoms with van der Waals surface area (Å²) in [6.07, 6.45) is 0.948. The zero-order valence-electron chi connectivity index (χ0n) is 7.75. The van der Waals surface area contributed by atoms with E-state index >= 15 is 0 Å². The number of rotatable bonds is 3. The molecule has 1 aromatic rings. The van der Waals surface area contributed by atoms with Gasteiger partial charge in [-0.2, -0.15) is 5.26 Å². The van der Waals surface area contributed by atoms with E-state index in [1.165, 1.54) is 4.88 Å². The average molecular weight is 258 g/mol. The van der Waals surface area contributed by atoms with E-state index in [9.17, 15) is 0 Å². The van der Waals surface area contributed by atoms with Gasteiger partial charge in [0, 0.05) is 4.88 Å². The first-order chi connectivity index (χ1) is 6.13. The molecule has 0 amide bonds. The van der Waals surface area contributed by atoms with Crippen molar-refractivity contribution in [2.45, 2.75) is 26.2 Å². The Bertz CT molecular complexity index is 311. The third kappa shape index (κ3) is 3.13. The van der Waals surface area contributed by atoms with Crippen LogP contribution < -0.4 is 0 Å². The van der Waals surface area contributed by atoms with Gasteiger partial charge in [-0.3, -0.25) is 0 Å². The van der Waals surface area contributed by atoms with Gasteiger partial charge in [0.1, 0.15) is 0 Å². The van der Waals surface area contributed by atoms with Gasteiger partial charge in [0.25, 0.3) is 0 Å². The number of nitrogens with zero attached hydrogens (tertiary/aromatic N) is 1. The van der Waals surface area contributed by atoms with Gasteiger partial charge in [-0.1, -0.05) is 13.8 Å². The van der Waals surface area contributed by atoms with Crippen molar-refractivity contribution in [3.63, 3.8) is 0 Å². The van der Waals surface area contributed by atoms with Gasteiger partial charge < -0.3 is 0 Å². The standard InChI is InChI=1S/C10H12BrNS/c1-7(2)5-8(6-12)9-3-4-10(11)13-9/h3-4,7-8H,5H2,1-2H3. The molecule has 70 valence electrons. The highest BCUT2D eigenvalue weighted by Gasteiger charge is 2.14. The molecule has 1 aromatic heterocycles. The van der Waals surface area contributed by atoms with E-state index in [1.54, 1.807) is 11.3 Å². The molecule has 0 fully saturated rings. The average Bonchev–Trinajstić information content (AvgIpc) is 2.47. The molecule has 1 rings (SSSR count). The molecule has 0 saturated heterocycles. The highest BCUT2D eigenvalue weighted by Crippen LogP contribution is 2.31. The van der Waals surface area contributed by atoms with Crippen LogP contribution in [0.3, 0.4) is 0 Å². The fourth-order valence-electron chi connectivity index (χ4n) is 1.22. The Labute approximate surface area is 91.5 Å². The van der Waals surface area contributed by atoms with Crippen LogP contribution in [0.15, 0.2) is 15.9 Å². The number of halogens is 1. The molecule has 3 heteroatoms. The summed E-state index contributed by atoms with van der Waals surface area (Å²) in [5.74, 6) is 0.641. The molecule has 1 heterocycles. The summed E-state index contributed by atoms with van der Waals surface area (Å²) in [6.45, 7) is 4.29. The minimum atomic E-state index is 0.0660. The van der Waals surface area contributed by atoms with E-state index in [1.807, 2.05) is 12.1 Å². The lowest BCUT2D eigenvalue weighted by molar-refractivity contribution is 0.559. The maximum Gasteiger partial charge on any atom is 0.0808 e. The van der Waals surface area contributed by atoms with Crippen molar-refractivity contribution in [1.82, 2.24) is 0 Å². The van der Waals surface area contributed by atoms with E-state index in [-0.39, 0.29) is 5.92 Å². The Morgan fingerprint density at radius 3 is 2.62 bits per heavy atom. The summed E-state index contributed by atoms with van der Waals surface area (Å²) < 4.78 is 1.10. The number of hydrogen-bond donors (Lipinski definition) is 0. The minimum Gasteiger partial charge on any atom is -0.198 e. The largest absolute Gasteiger partial charge is 0.198 e. The molecule has 0 spiro atoms. The summed E-state index contributed by atoms with van der Waals surface area (Å²) in [6, 6.07) is 6.39. The molecular weight excluding hydrogens is 246 g/mol. The second-order valence-electron chi connectivity index (χ2n) is 3.45. The van der Waals surface area contributed by atoms with Crippen LogP contribution >= 0.6 is 27.3 Å². The molecule has 0 aliphatic heterocycles. The number of hydrogen-bond acceptors (Lipinski definition) is 2. The van der Waals surface area contributed by atoms with Crippen molar-refractivity contribution in [3.05, 3.63) is 20.8 Å². The van der Waals surface area contributed by atoms with Gasteiger partial charge >= 0.3 is 0 Å². The predicted molar refractivity (Wildman–Crippen MR) is 59.8 cm³/mol. The Balaban J connectivity index is 2.74. The number of nitriles is 1. The highest BCUT2D eigenvalue weighted by atomic mass is 79.9. The maximum absolute atomic E-state index is 8.98. The summed E-state index contributed by atoms with van der Waals surface area (Å²) in [5.41, 5.74) is 0. The molecule has 1 unspecified atom stereocenters. The molecule has 0 aliphatic rings. The lowest BCUT2D eigenvalue weighted by atomic mass is 9.97. The smallest absolute Gasteiger partial charge is 0.0808 e. The summed E-state index contributed by atoms with van der Waals surface area (Å²) in [5, 5.41) is 8.98. The fraction of sp³-hybridized carbons (Fsp3) is 0.500. The summed E-state index contributed by atoms with van der Waals surface area (Å²) >= 11 is 5.06. The first-order valence-corrected chi connectivity index (χ1v) is 5.89. The third-order valence-electron chi connectivity index (χ3n) is 1.80. The second kappa shape index (κ2) is 4.78. The molecule has 13 heavy (non-hydrogen) atoms. The van der Waals surface area contributed by atoms with Crippen LogP contribution in [0.1, 0.15) is 31.1 Å². The van der Waals surface area contributed by atoms with E-state index in [0.717, 1.165) is 10.2 Å². The van der Waals surface area contributed by atoms with Gasteiger partial charge in [-0.05, 0) is 40.4 Å². The first-order valence-electron chi connectivity index (χ1n) is 4.28. The summed E-state index contributed by atoms with van der Waals surface area (Å²) in [7, 11) is 0. The van der Waals surface area contributed by atoms with Gasteiger partial charge in [-0.25, -0.2) is 0 Å². The summed E-state index contributed by atoms with van der Waals surface area (Å²) in [4.78, 5) is 1.17. The predicted octanol–water partition coefficient (Wildman–Crippen LogP) is 4.16. The molecule has 1 atom stereocenters. The number of thiophene rings is 1. The molecule has 0 radical (unpaired) electrons. The molecule has 0 aromatic carbocycles. The second-order valence-corrected chi connectivity index (χ2v) is 5.95. The quantitative estimate of drug-likeness (QED) is 0.798. The van der Waals surface area contributed by atoms with Crippen molar-refractivity contribution in [2.24, 2.45) is 5.92 Å². The van der Waals surface area contributed by atoms with E-state index < -0.39 is 0 Å². The molecular formula is C10H12BrNS. The van der Waals surface area contributed by atoms with Gasteiger partial charge in [0.05, 0.1) is 15.8 Å². The van der Waals surface area contributed by atoms with E-state index in [4.69, 9.17) is 5.26 Å². The minimum absolute atomic E-state index is 0.0660.